The molecule has 0 radical (unpaired) electrons. The van der Waals surface area contributed by atoms with Crippen molar-refractivity contribution in [2.75, 3.05) is 0 Å². The Kier molecular flexibility index (Phi) is 12.7. The van der Waals surface area contributed by atoms with Gasteiger partial charge in [0.1, 0.15) is 0 Å². The Morgan fingerprint density at radius 1 is 0.270 bits per heavy atom. The van der Waals surface area contributed by atoms with E-state index in [1.165, 1.54) is 49.0 Å². The number of hydrogen-bond acceptors (Lipinski definition) is 0. The van der Waals surface area contributed by atoms with Crippen molar-refractivity contribution in [3.63, 3.8) is 0 Å². The van der Waals surface area contributed by atoms with Gasteiger partial charge in [-0.25, -0.2) is 0 Å². The van der Waals surface area contributed by atoms with E-state index in [-0.39, 0.29) is 0 Å². The second kappa shape index (κ2) is 16.0. The first kappa shape index (κ1) is 29.3. The lowest BCUT2D eigenvalue weighted by Crippen LogP contribution is -1.75. The summed E-state index contributed by atoms with van der Waals surface area (Å²) in [4.78, 5) is 0. The standard InChI is InChI=1S/3C11H10.2C2H6/c3*1-9-5-4-7-10-6-2-3-8-11(9)10;2*1-2/h3*2-8H,1H3;2*1-2H3. The van der Waals surface area contributed by atoms with Crippen LogP contribution in [-0.2, 0) is 0 Å². The van der Waals surface area contributed by atoms with Crippen LogP contribution >= 0.6 is 0 Å². The Morgan fingerprint density at radius 3 is 0.730 bits per heavy atom. The highest BCUT2D eigenvalue weighted by atomic mass is 14.0. The zero-order valence-electron chi connectivity index (χ0n) is 23.6. The van der Waals surface area contributed by atoms with Crippen LogP contribution < -0.4 is 0 Å². The van der Waals surface area contributed by atoms with E-state index in [9.17, 15) is 0 Å². The zero-order valence-corrected chi connectivity index (χ0v) is 23.6. The molecule has 0 heteroatoms. The highest BCUT2D eigenvalue weighted by Crippen LogP contribution is 2.18. The van der Waals surface area contributed by atoms with Gasteiger partial charge >= 0.3 is 0 Å². The lowest BCUT2D eigenvalue weighted by Gasteiger charge is -1.98. The van der Waals surface area contributed by atoms with Gasteiger partial charge in [0.15, 0.2) is 0 Å². The van der Waals surface area contributed by atoms with Crippen LogP contribution in [0.4, 0.5) is 0 Å². The van der Waals surface area contributed by atoms with Gasteiger partial charge in [-0.3, -0.25) is 0 Å². The second-order valence-electron chi connectivity index (χ2n) is 8.39. The summed E-state index contributed by atoms with van der Waals surface area (Å²) in [5, 5.41) is 8.05. The topological polar surface area (TPSA) is 0 Å². The van der Waals surface area contributed by atoms with Crippen molar-refractivity contribution in [2.45, 2.75) is 48.5 Å². The predicted molar refractivity (Wildman–Crippen MR) is 169 cm³/mol. The van der Waals surface area contributed by atoms with E-state index < -0.39 is 0 Å². The summed E-state index contributed by atoms with van der Waals surface area (Å²) in [6.07, 6.45) is 0. The molecule has 0 nitrogen and oxygen atoms in total. The molecule has 0 saturated heterocycles. The van der Waals surface area contributed by atoms with Crippen molar-refractivity contribution in [3.05, 3.63) is 144 Å². The summed E-state index contributed by atoms with van der Waals surface area (Å²) in [6, 6.07) is 44.5. The van der Waals surface area contributed by atoms with E-state index in [0.29, 0.717) is 0 Å². The second-order valence-corrected chi connectivity index (χ2v) is 8.39. The fourth-order valence-corrected chi connectivity index (χ4v) is 4.16. The van der Waals surface area contributed by atoms with Gasteiger partial charge in [0.2, 0.25) is 0 Å². The van der Waals surface area contributed by atoms with Gasteiger partial charge in [-0.05, 0) is 69.8 Å². The summed E-state index contributed by atoms with van der Waals surface area (Å²) in [5.74, 6) is 0. The van der Waals surface area contributed by atoms with Crippen LogP contribution in [0.15, 0.2) is 127 Å². The summed E-state index contributed by atoms with van der Waals surface area (Å²) >= 11 is 0. The third kappa shape index (κ3) is 8.33. The van der Waals surface area contributed by atoms with Crippen molar-refractivity contribution in [1.29, 1.82) is 0 Å². The maximum Gasteiger partial charge on any atom is -0.0155 e. The van der Waals surface area contributed by atoms with Gasteiger partial charge in [0, 0.05) is 0 Å². The van der Waals surface area contributed by atoms with E-state index in [1.54, 1.807) is 0 Å². The fraction of sp³-hybridized carbons (Fsp3) is 0.189. The first-order valence-corrected chi connectivity index (χ1v) is 13.5. The van der Waals surface area contributed by atoms with Crippen molar-refractivity contribution < 1.29 is 0 Å². The number of aryl methyl sites for hydroxylation is 3. The Hall–Kier alpha value is -3.90. The van der Waals surface area contributed by atoms with Crippen molar-refractivity contribution >= 4 is 32.3 Å². The van der Waals surface area contributed by atoms with Crippen molar-refractivity contribution in [1.82, 2.24) is 0 Å². The molecule has 0 aliphatic rings. The largest absolute Gasteiger partial charge is 0.0683 e. The van der Waals surface area contributed by atoms with Crippen LogP contribution in [0.5, 0.6) is 0 Å². The van der Waals surface area contributed by atoms with Crippen LogP contribution in [0.1, 0.15) is 44.4 Å². The number of benzene rings is 6. The smallest absolute Gasteiger partial charge is 0.0155 e. The van der Waals surface area contributed by atoms with Crippen LogP contribution in [0.25, 0.3) is 32.3 Å². The maximum atomic E-state index is 2.16. The fourth-order valence-electron chi connectivity index (χ4n) is 4.16. The van der Waals surface area contributed by atoms with Gasteiger partial charge in [0.25, 0.3) is 0 Å². The summed E-state index contributed by atoms with van der Waals surface area (Å²) in [7, 11) is 0. The lowest BCUT2D eigenvalue weighted by molar-refractivity contribution is 1.50. The van der Waals surface area contributed by atoms with E-state index in [0.717, 1.165) is 0 Å². The van der Waals surface area contributed by atoms with Crippen molar-refractivity contribution in [2.24, 2.45) is 0 Å². The van der Waals surface area contributed by atoms with Gasteiger partial charge in [-0.2, -0.15) is 0 Å². The number of rotatable bonds is 0. The SMILES string of the molecule is CC.CC.Cc1cccc2ccccc12.Cc1cccc2ccccc12.Cc1cccc2ccccc12. The molecule has 0 spiro atoms. The minimum atomic E-state index is 1.33. The summed E-state index contributed by atoms with van der Waals surface area (Å²) < 4.78 is 0. The van der Waals surface area contributed by atoms with Crippen LogP contribution in [0, 0.1) is 20.8 Å². The first-order valence-electron chi connectivity index (χ1n) is 13.5. The van der Waals surface area contributed by atoms with Crippen molar-refractivity contribution in [3.8, 4) is 0 Å². The third-order valence-corrected chi connectivity index (χ3v) is 6.02. The van der Waals surface area contributed by atoms with Crippen LogP contribution in [0.2, 0.25) is 0 Å². The van der Waals surface area contributed by atoms with Gasteiger partial charge < -0.3 is 0 Å². The molecule has 0 aliphatic heterocycles. The molecule has 6 rings (SSSR count). The molecular weight excluding hydrogens is 444 g/mol. The van der Waals surface area contributed by atoms with E-state index >= 15 is 0 Å². The predicted octanol–water partition coefficient (Wildman–Crippen LogP) is 11.5. The molecule has 6 aromatic carbocycles. The van der Waals surface area contributed by atoms with E-state index in [1.807, 2.05) is 27.7 Å². The van der Waals surface area contributed by atoms with E-state index in [4.69, 9.17) is 0 Å². The highest BCUT2D eigenvalue weighted by molar-refractivity contribution is 5.86. The zero-order chi connectivity index (χ0) is 27.0. The Bertz CT molecular complexity index is 1290. The average molecular weight is 487 g/mol. The van der Waals surface area contributed by atoms with E-state index in [2.05, 4.69) is 148 Å². The van der Waals surface area contributed by atoms with Crippen LogP contribution in [0.3, 0.4) is 0 Å². The molecule has 0 bridgehead atoms. The lowest BCUT2D eigenvalue weighted by atomic mass is 10.1. The molecule has 190 valence electrons. The summed E-state index contributed by atoms with van der Waals surface area (Å²) in [5.41, 5.74) is 4.05. The average Bonchev–Trinajstić information content (AvgIpc) is 2.97. The number of fused-ring (bicyclic) bond motifs is 3. The third-order valence-electron chi connectivity index (χ3n) is 6.02. The molecule has 0 heterocycles. The number of hydrogen-bond donors (Lipinski definition) is 0. The molecule has 0 N–H and O–H groups in total. The maximum absolute atomic E-state index is 2.16. The summed E-state index contributed by atoms with van der Waals surface area (Å²) in [6.45, 7) is 14.4. The molecular formula is C37H42. The molecule has 6 aromatic rings. The highest BCUT2D eigenvalue weighted by Gasteiger charge is 1.93. The minimum Gasteiger partial charge on any atom is -0.0683 e. The molecule has 0 amide bonds. The molecule has 0 unspecified atom stereocenters. The Morgan fingerprint density at radius 2 is 0.486 bits per heavy atom. The minimum absolute atomic E-state index is 1.33. The monoisotopic (exact) mass is 486 g/mol. The molecule has 0 aliphatic carbocycles. The quantitative estimate of drug-likeness (QED) is 0.200. The normalized spacial score (nSPS) is 9.49. The molecule has 37 heavy (non-hydrogen) atoms. The molecule has 0 fully saturated rings. The molecule has 0 aromatic heterocycles. The Balaban J connectivity index is 0.000000183. The van der Waals surface area contributed by atoms with Gasteiger partial charge in [-0.1, -0.05) is 155 Å². The van der Waals surface area contributed by atoms with Gasteiger partial charge in [-0.15, -0.1) is 0 Å². The Labute approximate surface area is 224 Å². The molecule has 0 saturated carbocycles. The van der Waals surface area contributed by atoms with Crippen LogP contribution in [-0.4, -0.2) is 0 Å². The first-order chi connectivity index (χ1) is 18.1. The van der Waals surface area contributed by atoms with Gasteiger partial charge in [0.05, 0.1) is 0 Å². The molecule has 0 atom stereocenters.